The van der Waals surface area contributed by atoms with Crippen molar-refractivity contribution in [3.63, 3.8) is 0 Å². The van der Waals surface area contributed by atoms with Gasteiger partial charge in [0.15, 0.2) is 0 Å². The molecule has 0 aromatic heterocycles. The molecule has 1 saturated heterocycles. The molecule has 2 unspecified atom stereocenters. The molecular weight excluding hydrogens is 364 g/mol. The third-order valence-corrected chi connectivity index (χ3v) is 6.76. The van der Waals surface area contributed by atoms with E-state index in [0.717, 1.165) is 38.2 Å². The van der Waals surface area contributed by atoms with Crippen LogP contribution < -0.4 is 5.32 Å². The predicted octanol–water partition coefficient (Wildman–Crippen LogP) is 3.63. The summed E-state index contributed by atoms with van der Waals surface area (Å²) in [5.74, 6) is -1.21. The summed E-state index contributed by atoms with van der Waals surface area (Å²) in [6.45, 7) is 4.44. The average Bonchev–Trinajstić information content (AvgIpc) is 3.44. The molecule has 2 atom stereocenters. The molecule has 28 heavy (non-hydrogen) atoms. The van der Waals surface area contributed by atoms with Crippen LogP contribution in [0.4, 0.5) is 13.6 Å². The lowest BCUT2D eigenvalue weighted by atomic mass is 9.67. The van der Waals surface area contributed by atoms with Crippen molar-refractivity contribution in [1.29, 1.82) is 0 Å². The molecule has 2 saturated carbocycles. The van der Waals surface area contributed by atoms with E-state index >= 15 is 0 Å². The molecule has 1 aliphatic heterocycles. The van der Waals surface area contributed by atoms with Crippen molar-refractivity contribution in [1.82, 2.24) is 15.1 Å². The maximum absolute atomic E-state index is 14.1. The van der Waals surface area contributed by atoms with Crippen LogP contribution in [-0.2, 0) is 11.3 Å². The highest BCUT2D eigenvalue weighted by Gasteiger charge is 2.58. The minimum absolute atomic E-state index is 0.0848. The lowest BCUT2D eigenvalue weighted by Gasteiger charge is -2.42. The number of urea groups is 1. The summed E-state index contributed by atoms with van der Waals surface area (Å²) in [5.41, 5.74) is -0.458. The summed E-state index contributed by atoms with van der Waals surface area (Å²) in [7, 11) is 0. The third-order valence-electron chi connectivity index (χ3n) is 6.76. The Morgan fingerprint density at radius 1 is 1.14 bits per heavy atom. The van der Waals surface area contributed by atoms with E-state index in [1.165, 1.54) is 17.0 Å². The number of carbonyl (C=O) groups is 2. The number of carbonyl (C=O) groups excluding carboxylic acids is 2. The Morgan fingerprint density at radius 3 is 2.43 bits per heavy atom. The molecule has 4 rings (SSSR count). The molecule has 1 aromatic rings. The van der Waals surface area contributed by atoms with Crippen LogP contribution in [0.2, 0.25) is 0 Å². The van der Waals surface area contributed by atoms with Gasteiger partial charge in [-0.3, -0.25) is 9.69 Å². The van der Waals surface area contributed by atoms with Gasteiger partial charge in [-0.1, -0.05) is 26.3 Å². The number of nitrogens with one attached hydrogen (secondary N) is 1. The van der Waals surface area contributed by atoms with Crippen LogP contribution in [0.25, 0.3) is 0 Å². The van der Waals surface area contributed by atoms with Gasteiger partial charge in [0.25, 0.3) is 5.91 Å². The second-order valence-corrected chi connectivity index (χ2v) is 8.62. The quantitative estimate of drug-likeness (QED) is 0.780. The van der Waals surface area contributed by atoms with Gasteiger partial charge in [-0.15, -0.1) is 0 Å². The standard InChI is InChI=1S/C21H27F2N3O2/c1-13-4-3-5-14(2)21(13)19(27)26(20(28)24-21)12-25(17-8-9-17)11-15-6-7-16(22)10-18(15)23/h6-7,10,13-14,17H,3-5,8-9,11-12H2,1-2H3,(H,24,28). The zero-order valence-electron chi connectivity index (χ0n) is 16.4. The van der Waals surface area contributed by atoms with E-state index in [4.69, 9.17) is 0 Å². The molecular formula is C21H27F2N3O2. The van der Waals surface area contributed by atoms with E-state index in [9.17, 15) is 18.4 Å². The number of halogens is 2. The molecule has 3 amide bonds. The van der Waals surface area contributed by atoms with Gasteiger partial charge in [-0.05, 0) is 43.6 Å². The highest BCUT2D eigenvalue weighted by molar-refractivity contribution is 6.07. The van der Waals surface area contributed by atoms with E-state index in [0.29, 0.717) is 5.56 Å². The van der Waals surface area contributed by atoms with Crippen molar-refractivity contribution in [2.75, 3.05) is 6.67 Å². The fourth-order valence-corrected chi connectivity index (χ4v) is 4.87. The summed E-state index contributed by atoms with van der Waals surface area (Å²) >= 11 is 0. The Hall–Kier alpha value is -2.02. The zero-order valence-corrected chi connectivity index (χ0v) is 16.4. The SMILES string of the molecule is CC1CCCC(C)C12NC(=O)N(CN(Cc1ccc(F)cc1F)C1CC1)C2=O. The number of benzene rings is 1. The van der Waals surface area contributed by atoms with Crippen LogP contribution in [0.3, 0.4) is 0 Å². The maximum Gasteiger partial charge on any atom is 0.326 e. The topological polar surface area (TPSA) is 52.7 Å². The fourth-order valence-electron chi connectivity index (χ4n) is 4.87. The molecule has 1 N–H and O–H groups in total. The van der Waals surface area contributed by atoms with Crippen molar-refractivity contribution in [2.24, 2.45) is 11.8 Å². The van der Waals surface area contributed by atoms with Crippen LogP contribution in [0, 0.1) is 23.5 Å². The summed E-state index contributed by atoms with van der Waals surface area (Å²) in [4.78, 5) is 29.3. The molecule has 5 nitrogen and oxygen atoms in total. The van der Waals surface area contributed by atoms with Gasteiger partial charge in [0, 0.05) is 24.2 Å². The third kappa shape index (κ3) is 3.19. The summed E-state index contributed by atoms with van der Waals surface area (Å²) in [6, 6.07) is 3.38. The van der Waals surface area contributed by atoms with Crippen molar-refractivity contribution in [3.05, 3.63) is 35.4 Å². The molecule has 0 bridgehead atoms. The van der Waals surface area contributed by atoms with Gasteiger partial charge in [-0.25, -0.2) is 18.5 Å². The van der Waals surface area contributed by atoms with E-state index in [1.807, 2.05) is 18.7 Å². The van der Waals surface area contributed by atoms with Gasteiger partial charge in [0.05, 0.1) is 6.67 Å². The first-order valence-electron chi connectivity index (χ1n) is 10.1. The van der Waals surface area contributed by atoms with Gasteiger partial charge >= 0.3 is 6.03 Å². The second-order valence-electron chi connectivity index (χ2n) is 8.62. The number of rotatable bonds is 5. The first-order valence-corrected chi connectivity index (χ1v) is 10.1. The zero-order chi connectivity index (χ0) is 20.1. The van der Waals surface area contributed by atoms with E-state index in [-0.39, 0.29) is 43.0 Å². The average molecular weight is 391 g/mol. The van der Waals surface area contributed by atoms with Gasteiger partial charge < -0.3 is 5.32 Å². The molecule has 1 aromatic carbocycles. The highest BCUT2D eigenvalue weighted by atomic mass is 19.1. The number of imide groups is 1. The van der Waals surface area contributed by atoms with Gasteiger partial charge in [0.2, 0.25) is 0 Å². The molecule has 3 fully saturated rings. The normalized spacial score (nSPS) is 30.4. The summed E-state index contributed by atoms with van der Waals surface area (Å²) in [6.07, 6.45) is 4.79. The first-order chi connectivity index (χ1) is 13.3. The highest BCUT2D eigenvalue weighted by Crippen LogP contribution is 2.42. The Balaban J connectivity index is 1.54. The van der Waals surface area contributed by atoms with Crippen molar-refractivity contribution in [2.45, 2.75) is 64.1 Å². The largest absolute Gasteiger partial charge is 0.326 e. The second kappa shape index (κ2) is 7.10. The summed E-state index contributed by atoms with van der Waals surface area (Å²) < 4.78 is 27.3. The number of nitrogens with zero attached hydrogens (tertiary/aromatic N) is 2. The van der Waals surface area contributed by atoms with Gasteiger partial charge in [0.1, 0.15) is 17.2 Å². The molecule has 7 heteroatoms. The van der Waals surface area contributed by atoms with Crippen molar-refractivity contribution < 1.29 is 18.4 Å². The minimum Gasteiger partial charge on any atom is -0.323 e. The van der Waals surface area contributed by atoms with Crippen LogP contribution in [0.5, 0.6) is 0 Å². The van der Waals surface area contributed by atoms with Crippen LogP contribution in [0.1, 0.15) is 51.5 Å². The minimum atomic E-state index is -0.828. The Morgan fingerprint density at radius 2 is 1.82 bits per heavy atom. The smallest absolute Gasteiger partial charge is 0.323 e. The van der Waals surface area contributed by atoms with E-state index in [2.05, 4.69) is 5.32 Å². The predicted molar refractivity (Wildman–Crippen MR) is 100 cm³/mol. The monoisotopic (exact) mass is 391 g/mol. The number of amides is 3. The first kappa shape index (κ1) is 19.3. The lowest BCUT2D eigenvalue weighted by Crippen LogP contribution is -2.59. The molecule has 152 valence electrons. The molecule has 3 aliphatic rings. The molecule has 2 aliphatic carbocycles. The van der Waals surface area contributed by atoms with Crippen molar-refractivity contribution in [3.8, 4) is 0 Å². The molecule has 1 heterocycles. The Bertz CT molecular complexity index is 786. The molecule has 0 radical (unpaired) electrons. The van der Waals surface area contributed by atoms with Crippen LogP contribution >= 0.6 is 0 Å². The van der Waals surface area contributed by atoms with Crippen LogP contribution in [0.15, 0.2) is 18.2 Å². The van der Waals surface area contributed by atoms with Crippen molar-refractivity contribution >= 4 is 11.9 Å². The van der Waals surface area contributed by atoms with E-state index < -0.39 is 17.2 Å². The fraction of sp³-hybridized carbons (Fsp3) is 0.619. The Kier molecular flexibility index (Phi) is 4.89. The van der Waals surface area contributed by atoms with Gasteiger partial charge in [-0.2, -0.15) is 0 Å². The number of hydrogen-bond donors (Lipinski definition) is 1. The Labute approximate surface area is 164 Å². The number of hydrogen-bond acceptors (Lipinski definition) is 3. The lowest BCUT2D eigenvalue weighted by molar-refractivity contribution is -0.138. The summed E-state index contributed by atoms with van der Waals surface area (Å²) in [5, 5.41) is 3.00. The van der Waals surface area contributed by atoms with E-state index in [1.54, 1.807) is 0 Å². The maximum atomic E-state index is 14.1. The molecule has 1 spiro atoms. The van der Waals surface area contributed by atoms with Crippen LogP contribution in [-0.4, -0.2) is 40.0 Å².